The Morgan fingerprint density at radius 1 is 1.28 bits per heavy atom. The van der Waals surface area contributed by atoms with E-state index < -0.39 is 0 Å². The molecule has 1 aliphatic carbocycles. The lowest BCUT2D eigenvalue weighted by Crippen LogP contribution is -2.30. The summed E-state index contributed by atoms with van der Waals surface area (Å²) in [6.07, 6.45) is 7.36. The number of nitrogens with one attached hydrogen (secondary N) is 1. The van der Waals surface area contributed by atoms with Crippen LogP contribution in [0.15, 0.2) is 6.33 Å². The van der Waals surface area contributed by atoms with Crippen LogP contribution in [0.25, 0.3) is 0 Å². The van der Waals surface area contributed by atoms with Crippen molar-refractivity contribution in [2.24, 2.45) is 11.7 Å². The van der Waals surface area contributed by atoms with Crippen LogP contribution < -0.4 is 11.1 Å². The fourth-order valence-corrected chi connectivity index (χ4v) is 2.57. The summed E-state index contributed by atoms with van der Waals surface area (Å²) in [4.78, 5) is 8.84. The van der Waals surface area contributed by atoms with Crippen LogP contribution in [0.2, 0.25) is 0 Å². The Kier molecular flexibility index (Phi) is 4.53. The van der Waals surface area contributed by atoms with Gasteiger partial charge in [0.25, 0.3) is 0 Å². The Bertz CT molecular complexity index is 389. The number of hydrogen-bond donors (Lipinski definition) is 2. The molecule has 1 heterocycles. The van der Waals surface area contributed by atoms with Crippen molar-refractivity contribution in [3.8, 4) is 0 Å². The minimum atomic E-state index is 0.399. The highest BCUT2D eigenvalue weighted by molar-refractivity contribution is 5.47. The van der Waals surface area contributed by atoms with Gasteiger partial charge >= 0.3 is 0 Å². The second kappa shape index (κ2) is 6.14. The van der Waals surface area contributed by atoms with E-state index in [1.165, 1.54) is 24.1 Å². The van der Waals surface area contributed by atoms with Gasteiger partial charge in [-0.1, -0.05) is 13.8 Å². The molecule has 1 aromatic heterocycles. The minimum absolute atomic E-state index is 0.399. The molecule has 18 heavy (non-hydrogen) atoms. The number of hydrogen-bond acceptors (Lipinski definition) is 4. The molecule has 0 spiro atoms. The van der Waals surface area contributed by atoms with Crippen molar-refractivity contribution in [1.29, 1.82) is 0 Å². The van der Waals surface area contributed by atoms with E-state index in [4.69, 9.17) is 5.73 Å². The van der Waals surface area contributed by atoms with E-state index in [1.807, 2.05) is 0 Å². The van der Waals surface area contributed by atoms with Crippen LogP contribution in [0.1, 0.15) is 44.4 Å². The van der Waals surface area contributed by atoms with E-state index in [-0.39, 0.29) is 0 Å². The maximum Gasteiger partial charge on any atom is 0.133 e. The molecule has 0 aromatic carbocycles. The number of aromatic nitrogens is 2. The van der Waals surface area contributed by atoms with Crippen LogP contribution in [0.5, 0.6) is 0 Å². The standard InChI is InChI=1S/C14H24N4/c1-10(2)12(7-8-15)18-14-11-5-3-4-6-13(11)16-9-17-14/h9-10,12H,3-8,15H2,1-2H3,(H,16,17,18). The third kappa shape index (κ3) is 2.99. The molecule has 0 saturated carbocycles. The number of anilines is 1. The van der Waals surface area contributed by atoms with Gasteiger partial charge < -0.3 is 11.1 Å². The third-order valence-corrected chi connectivity index (χ3v) is 3.73. The summed E-state index contributed by atoms with van der Waals surface area (Å²) in [7, 11) is 0. The van der Waals surface area contributed by atoms with Crippen molar-refractivity contribution < 1.29 is 0 Å². The average Bonchev–Trinajstić information content (AvgIpc) is 2.38. The molecule has 1 aromatic rings. The lowest BCUT2D eigenvalue weighted by Gasteiger charge is -2.25. The molecular formula is C14H24N4. The van der Waals surface area contributed by atoms with Gasteiger partial charge in [0.1, 0.15) is 12.1 Å². The molecule has 2 rings (SSSR count). The fraction of sp³-hybridized carbons (Fsp3) is 0.714. The molecular weight excluding hydrogens is 224 g/mol. The molecule has 0 fully saturated rings. The average molecular weight is 248 g/mol. The number of fused-ring (bicyclic) bond motifs is 1. The molecule has 3 N–H and O–H groups in total. The Hall–Kier alpha value is -1.16. The maximum absolute atomic E-state index is 5.69. The Morgan fingerprint density at radius 3 is 2.78 bits per heavy atom. The normalized spacial score (nSPS) is 16.4. The van der Waals surface area contributed by atoms with Gasteiger partial charge in [0.05, 0.1) is 0 Å². The molecule has 0 bridgehead atoms. The summed E-state index contributed by atoms with van der Waals surface area (Å²) in [6.45, 7) is 5.16. The second-order valence-electron chi connectivity index (χ2n) is 5.43. The fourth-order valence-electron chi connectivity index (χ4n) is 2.57. The van der Waals surface area contributed by atoms with Gasteiger partial charge in [0.15, 0.2) is 0 Å². The highest BCUT2D eigenvalue weighted by Crippen LogP contribution is 2.25. The van der Waals surface area contributed by atoms with Crippen molar-refractivity contribution in [2.45, 2.75) is 52.0 Å². The topological polar surface area (TPSA) is 63.8 Å². The maximum atomic E-state index is 5.69. The van der Waals surface area contributed by atoms with Crippen molar-refractivity contribution in [1.82, 2.24) is 9.97 Å². The quantitative estimate of drug-likeness (QED) is 0.838. The van der Waals surface area contributed by atoms with Gasteiger partial charge in [-0.05, 0) is 44.6 Å². The molecule has 1 aliphatic rings. The monoisotopic (exact) mass is 248 g/mol. The molecule has 0 aliphatic heterocycles. The first-order valence-corrected chi connectivity index (χ1v) is 7.01. The van der Waals surface area contributed by atoms with Crippen molar-refractivity contribution in [3.05, 3.63) is 17.6 Å². The van der Waals surface area contributed by atoms with Crippen molar-refractivity contribution in [3.63, 3.8) is 0 Å². The zero-order chi connectivity index (χ0) is 13.0. The number of rotatable bonds is 5. The smallest absolute Gasteiger partial charge is 0.133 e. The largest absolute Gasteiger partial charge is 0.367 e. The summed E-state index contributed by atoms with van der Waals surface area (Å²) < 4.78 is 0. The van der Waals surface area contributed by atoms with Gasteiger partial charge in [-0.25, -0.2) is 9.97 Å². The first-order valence-electron chi connectivity index (χ1n) is 7.01. The Balaban J connectivity index is 2.17. The molecule has 0 radical (unpaired) electrons. The zero-order valence-corrected chi connectivity index (χ0v) is 11.4. The highest BCUT2D eigenvalue weighted by Gasteiger charge is 2.19. The number of nitrogens with two attached hydrogens (primary N) is 1. The molecule has 1 atom stereocenters. The SMILES string of the molecule is CC(C)C(CCN)Nc1ncnc2c1CCCC2. The van der Waals surface area contributed by atoms with Gasteiger partial charge in [-0.3, -0.25) is 0 Å². The number of aryl methyl sites for hydroxylation is 1. The summed E-state index contributed by atoms with van der Waals surface area (Å²) >= 11 is 0. The van der Waals surface area contributed by atoms with Crippen LogP contribution >= 0.6 is 0 Å². The van der Waals surface area contributed by atoms with Gasteiger partial charge in [0, 0.05) is 17.3 Å². The van der Waals surface area contributed by atoms with E-state index >= 15 is 0 Å². The first kappa shape index (κ1) is 13.3. The molecule has 1 unspecified atom stereocenters. The van der Waals surface area contributed by atoms with Crippen LogP contribution in [0.4, 0.5) is 5.82 Å². The summed E-state index contributed by atoms with van der Waals surface area (Å²) in [5.74, 6) is 1.59. The van der Waals surface area contributed by atoms with Crippen LogP contribution in [-0.2, 0) is 12.8 Å². The van der Waals surface area contributed by atoms with Crippen molar-refractivity contribution >= 4 is 5.82 Å². The molecule has 0 saturated heterocycles. The predicted octanol–water partition coefficient (Wildman–Crippen LogP) is 2.14. The highest BCUT2D eigenvalue weighted by atomic mass is 15.0. The lowest BCUT2D eigenvalue weighted by atomic mass is 9.95. The van der Waals surface area contributed by atoms with Gasteiger partial charge in [-0.15, -0.1) is 0 Å². The predicted molar refractivity (Wildman–Crippen MR) is 74.6 cm³/mol. The molecule has 4 nitrogen and oxygen atoms in total. The van der Waals surface area contributed by atoms with Gasteiger partial charge in [0.2, 0.25) is 0 Å². The lowest BCUT2D eigenvalue weighted by molar-refractivity contribution is 0.496. The van der Waals surface area contributed by atoms with Crippen LogP contribution in [0, 0.1) is 5.92 Å². The van der Waals surface area contributed by atoms with Crippen LogP contribution in [-0.4, -0.2) is 22.6 Å². The molecule has 100 valence electrons. The summed E-state index contributed by atoms with van der Waals surface area (Å²) in [5.41, 5.74) is 8.24. The zero-order valence-electron chi connectivity index (χ0n) is 11.4. The van der Waals surface area contributed by atoms with E-state index in [0.717, 1.165) is 25.1 Å². The number of nitrogens with zero attached hydrogens (tertiary/aromatic N) is 2. The van der Waals surface area contributed by atoms with Crippen LogP contribution in [0.3, 0.4) is 0 Å². The van der Waals surface area contributed by atoms with E-state index in [2.05, 4.69) is 29.1 Å². The van der Waals surface area contributed by atoms with Gasteiger partial charge in [-0.2, -0.15) is 0 Å². The van der Waals surface area contributed by atoms with E-state index in [1.54, 1.807) is 6.33 Å². The molecule has 4 heteroatoms. The Labute approximate surface area is 109 Å². The molecule has 0 amide bonds. The summed E-state index contributed by atoms with van der Waals surface area (Å²) in [6, 6.07) is 0.399. The van der Waals surface area contributed by atoms with E-state index in [0.29, 0.717) is 18.5 Å². The van der Waals surface area contributed by atoms with E-state index in [9.17, 15) is 0 Å². The minimum Gasteiger partial charge on any atom is -0.367 e. The van der Waals surface area contributed by atoms with Crippen molar-refractivity contribution in [2.75, 3.05) is 11.9 Å². The summed E-state index contributed by atoms with van der Waals surface area (Å²) in [5, 5.41) is 3.58. The second-order valence-corrected chi connectivity index (χ2v) is 5.43. The Morgan fingerprint density at radius 2 is 2.06 bits per heavy atom. The first-order chi connectivity index (χ1) is 8.72. The third-order valence-electron chi connectivity index (χ3n) is 3.73.